The van der Waals surface area contributed by atoms with Crippen molar-refractivity contribution in [3.8, 4) is 0 Å². The Kier molecular flexibility index (Phi) is 9.12. The summed E-state index contributed by atoms with van der Waals surface area (Å²) in [7, 11) is 1.32. The summed E-state index contributed by atoms with van der Waals surface area (Å²) in [4.78, 5) is 28.9. The number of halogens is 1. The van der Waals surface area contributed by atoms with E-state index in [2.05, 4.69) is 10.3 Å². The summed E-state index contributed by atoms with van der Waals surface area (Å²) in [6, 6.07) is 4.54. The number of aromatic nitrogens is 1. The van der Waals surface area contributed by atoms with Crippen LogP contribution in [0.15, 0.2) is 35.0 Å². The zero-order valence-corrected chi connectivity index (χ0v) is 22.7. The summed E-state index contributed by atoms with van der Waals surface area (Å²) >= 11 is 0. The third kappa shape index (κ3) is 6.78. The second kappa shape index (κ2) is 12.9. The van der Waals surface area contributed by atoms with Gasteiger partial charge in [-0.15, -0.1) is 0 Å². The van der Waals surface area contributed by atoms with Gasteiger partial charge in [0.1, 0.15) is 12.1 Å². The van der Waals surface area contributed by atoms with Crippen molar-refractivity contribution in [2.45, 2.75) is 88.8 Å². The Hall–Kier alpha value is -3.00. The molecule has 210 valence electrons. The van der Waals surface area contributed by atoms with Gasteiger partial charge in [-0.2, -0.15) is 0 Å². The Morgan fingerprint density at radius 3 is 2.77 bits per heavy atom. The van der Waals surface area contributed by atoms with Gasteiger partial charge in [0.15, 0.2) is 5.69 Å². The first-order valence-corrected chi connectivity index (χ1v) is 14.5. The first kappa shape index (κ1) is 27.6. The molecule has 8 heteroatoms. The smallest absolute Gasteiger partial charge is 0.330 e. The highest BCUT2D eigenvalue weighted by atomic mass is 19.1. The average molecular weight is 539 g/mol. The first-order chi connectivity index (χ1) is 19.0. The van der Waals surface area contributed by atoms with E-state index in [1.807, 2.05) is 0 Å². The number of unbranched alkanes of at least 4 members (excludes halogenated alkanes) is 1. The number of nitrogens with zero attached hydrogens (tertiary/aromatic N) is 1. The number of hydrogen-bond acceptors (Lipinski definition) is 6. The van der Waals surface area contributed by atoms with Crippen LogP contribution < -0.4 is 5.32 Å². The van der Waals surface area contributed by atoms with Crippen molar-refractivity contribution in [1.29, 1.82) is 0 Å². The number of rotatable bonds is 11. The van der Waals surface area contributed by atoms with E-state index in [1.165, 1.54) is 70.1 Å². The number of methoxy groups -OCH3 is 1. The van der Waals surface area contributed by atoms with Gasteiger partial charge in [0, 0.05) is 18.5 Å². The van der Waals surface area contributed by atoms with Crippen LogP contribution in [0, 0.1) is 17.7 Å². The Balaban J connectivity index is 1.21. The molecule has 1 aromatic heterocycles. The van der Waals surface area contributed by atoms with E-state index in [9.17, 15) is 14.0 Å². The molecule has 1 aliphatic carbocycles. The molecule has 0 spiro atoms. The summed E-state index contributed by atoms with van der Waals surface area (Å²) < 4.78 is 31.0. The second-order valence-electron chi connectivity index (χ2n) is 11.2. The van der Waals surface area contributed by atoms with E-state index in [4.69, 9.17) is 13.9 Å². The molecule has 1 N–H and O–H groups in total. The van der Waals surface area contributed by atoms with Gasteiger partial charge in [-0.05, 0) is 60.9 Å². The molecule has 2 aromatic rings. The quantitative estimate of drug-likeness (QED) is 0.215. The number of carbonyl (C=O) groups excluding carboxylic acids is 2. The van der Waals surface area contributed by atoms with E-state index in [0.29, 0.717) is 18.9 Å². The minimum Gasteiger partial charge on any atom is -0.466 e. The molecule has 2 aliphatic heterocycles. The number of nitrogens with one attached hydrogen (secondary N) is 1. The molecule has 3 heterocycles. The minimum atomic E-state index is -0.471. The lowest BCUT2D eigenvalue weighted by Gasteiger charge is -2.26. The molecule has 0 radical (unpaired) electrons. The number of esters is 1. The molecule has 1 amide bonds. The highest BCUT2D eigenvalue weighted by Crippen LogP contribution is 2.50. The number of carbonyl (C=O) groups is 2. The zero-order valence-electron chi connectivity index (χ0n) is 22.7. The van der Waals surface area contributed by atoms with Crippen LogP contribution in [0.4, 0.5) is 4.39 Å². The molecule has 3 aliphatic rings. The third-order valence-corrected chi connectivity index (χ3v) is 8.67. The predicted octanol–water partition coefficient (Wildman–Crippen LogP) is 5.98. The number of amides is 1. The largest absolute Gasteiger partial charge is 0.466 e. The standard InChI is InChI=1S/C31H39FN2O5/c1-37-28(35)15-11-21-10-12-23(32)17-22(21)18-24-26-13-14-27(39-26)29(24)31-34-25(19-38-31)30(36)33-16-6-5-9-20-7-3-2-4-8-20/h10-12,15,17,19-20,24,26-27,29H,2-9,13-14,16,18H2,1H3,(H,33,36)/b15-11+/t24-,26+,27?,29?/m0/s1. The van der Waals surface area contributed by atoms with Crippen molar-refractivity contribution in [3.63, 3.8) is 0 Å². The lowest BCUT2D eigenvalue weighted by molar-refractivity contribution is -0.134. The van der Waals surface area contributed by atoms with Crippen LogP contribution in [0.3, 0.4) is 0 Å². The van der Waals surface area contributed by atoms with Crippen LogP contribution in [0.5, 0.6) is 0 Å². The van der Waals surface area contributed by atoms with Gasteiger partial charge in [0.05, 0.1) is 25.2 Å². The van der Waals surface area contributed by atoms with Gasteiger partial charge >= 0.3 is 5.97 Å². The number of hydrogen-bond donors (Lipinski definition) is 1. The summed E-state index contributed by atoms with van der Waals surface area (Å²) in [5.74, 6) is 0.223. The summed E-state index contributed by atoms with van der Waals surface area (Å²) in [6.07, 6.45) is 16.9. The van der Waals surface area contributed by atoms with Gasteiger partial charge in [-0.25, -0.2) is 14.2 Å². The van der Waals surface area contributed by atoms with Gasteiger partial charge in [-0.1, -0.05) is 51.0 Å². The van der Waals surface area contributed by atoms with Gasteiger partial charge in [0.2, 0.25) is 5.89 Å². The highest BCUT2D eigenvalue weighted by molar-refractivity contribution is 5.91. The average Bonchev–Trinajstić information content (AvgIpc) is 3.70. The Bertz CT molecular complexity index is 1170. The van der Waals surface area contributed by atoms with E-state index in [1.54, 1.807) is 12.1 Å². The molecule has 3 fully saturated rings. The maximum absolute atomic E-state index is 14.2. The molecule has 2 saturated heterocycles. The number of fused-ring (bicyclic) bond motifs is 2. The fraction of sp³-hybridized carbons (Fsp3) is 0.581. The summed E-state index contributed by atoms with van der Waals surface area (Å²) in [6.45, 7) is 0.634. The maximum Gasteiger partial charge on any atom is 0.330 e. The van der Waals surface area contributed by atoms with Crippen molar-refractivity contribution in [3.05, 3.63) is 59.1 Å². The monoisotopic (exact) mass is 538 g/mol. The molecule has 39 heavy (non-hydrogen) atoms. The minimum absolute atomic E-state index is 0.00837. The fourth-order valence-electron chi connectivity index (χ4n) is 6.64. The normalized spacial score (nSPS) is 24.9. The first-order valence-electron chi connectivity index (χ1n) is 14.5. The van der Waals surface area contributed by atoms with Crippen LogP contribution in [0.2, 0.25) is 0 Å². The topological polar surface area (TPSA) is 90.7 Å². The van der Waals surface area contributed by atoms with Crippen molar-refractivity contribution in [1.82, 2.24) is 10.3 Å². The molecule has 1 saturated carbocycles. The SMILES string of the molecule is COC(=O)/C=C/c1ccc(F)cc1C[C@@H]1C(c2nc(C(=O)NCCCCC3CCCCC3)co2)C2CC[C@H]1O2. The summed E-state index contributed by atoms with van der Waals surface area (Å²) in [5, 5.41) is 2.99. The number of ether oxygens (including phenoxy) is 2. The Morgan fingerprint density at radius 1 is 1.13 bits per heavy atom. The van der Waals surface area contributed by atoms with E-state index < -0.39 is 5.97 Å². The van der Waals surface area contributed by atoms with Crippen molar-refractivity contribution >= 4 is 18.0 Å². The van der Waals surface area contributed by atoms with E-state index in [-0.39, 0.29) is 41.5 Å². The lowest BCUT2D eigenvalue weighted by Crippen LogP contribution is -2.28. The van der Waals surface area contributed by atoms with Crippen LogP contribution in [-0.4, -0.2) is 42.7 Å². The zero-order chi connectivity index (χ0) is 27.2. The van der Waals surface area contributed by atoms with Crippen LogP contribution in [-0.2, 0) is 20.7 Å². The maximum atomic E-state index is 14.2. The van der Waals surface area contributed by atoms with Crippen LogP contribution in [0.1, 0.15) is 97.6 Å². The van der Waals surface area contributed by atoms with Gasteiger partial charge in [0.25, 0.3) is 5.91 Å². The Morgan fingerprint density at radius 2 is 1.95 bits per heavy atom. The van der Waals surface area contributed by atoms with Gasteiger partial charge in [-0.3, -0.25) is 4.79 Å². The highest BCUT2D eigenvalue weighted by Gasteiger charge is 2.51. The van der Waals surface area contributed by atoms with E-state index in [0.717, 1.165) is 42.7 Å². The van der Waals surface area contributed by atoms with Crippen molar-refractivity contribution < 1.29 is 27.9 Å². The fourth-order valence-corrected chi connectivity index (χ4v) is 6.64. The third-order valence-electron chi connectivity index (χ3n) is 8.67. The number of benzene rings is 1. The molecule has 2 unspecified atom stereocenters. The molecule has 2 bridgehead atoms. The Labute approximate surface area is 229 Å². The molecule has 4 atom stereocenters. The molecule has 7 nitrogen and oxygen atoms in total. The van der Waals surface area contributed by atoms with Crippen LogP contribution in [0.25, 0.3) is 6.08 Å². The number of oxazole rings is 1. The van der Waals surface area contributed by atoms with Gasteiger partial charge < -0.3 is 19.2 Å². The molecular formula is C31H39FN2O5. The predicted molar refractivity (Wildman–Crippen MR) is 145 cm³/mol. The lowest BCUT2D eigenvalue weighted by atomic mass is 9.75. The molecule has 5 rings (SSSR count). The van der Waals surface area contributed by atoms with Crippen molar-refractivity contribution in [2.75, 3.05) is 13.7 Å². The van der Waals surface area contributed by atoms with Crippen molar-refractivity contribution in [2.24, 2.45) is 11.8 Å². The summed E-state index contributed by atoms with van der Waals surface area (Å²) in [5.41, 5.74) is 1.81. The second-order valence-corrected chi connectivity index (χ2v) is 11.2. The molecular weight excluding hydrogens is 499 g/mol. The molecule has 1 aromatic carbocycles. The van der Waals surface area contributed by atoms with Crippen LogP contribution >= 0.6 is 0 Å². The van der Waals surface area contributed by atoms with E-state index >= 15 is 0 Å².